The number of amides is 2. The van der Waals surface area contributed by atoms with Crippen LogP contribution in [-0.4, -0.2) is 38.4 Å². The summed E-state index contributed by atoms with van der Waals surface area (Å²) in [6.45, 7) is 0. The number of para-hydroxylation sites is 2. The van der Waals surface area contributed by atoms with Crippen molar-refractivity contribution in [2.75, 3.05) is 0 Å². The highest BCUT2D eigenvalue weighted by Gasteiger charge is 2.28. The van der Waals surface area contributed by atoms with Crippen molar-refractivity contribution in [1.29, 1.82) is 0 Å². The van der Waals surface area contributed by atoms with Crippen molar-refractivity contribution in [3.63, 3.8) is 0 Å². The molecule has 2 aromatic carbocycles. The van der Waals surface area contributed by atoms with Crippen LogP contribution in [-0.2, 0) is 20.8 Å². The molecule has 0 aliphatic rings. The zero-order chi connectivity index (χ0) is 25.1. The summed E-state index contributed by atoms with van der Waals surface area (Å²) in [5, 5.41) is 14.9. The van der Waals surface area contributed by atoms with Gasteiger partial charge in [0.1, 0.15) is 6.04 Å². The van der Waals surface area contributed by atoms with Gasteiger partial charge in [0.25, 0.3) is 5.56 Å². The van der Waals surface area contributed by atoms with Gasteiger partial charge in [-0.1, -0.05) is 30.3 Å². The number of benzene rings is 2. The second-order valence-electron chi connectivity index (χ2n) is 8.12. The van der Waals surface area contributed by atoms with Crippen LogP contribution >= 0.6 is 0 Å². The molecule has 0 radical (unpaired) electrons. The zero-order valence-corrected chi connectivity index (χ0v) is 18.4. The number of carboxylic acids is 1. The van der Waals surface area contributed by atoms with Gasteiger partial charge in [0, 0.05) is 29.9 Å². The molecule has 2 aromatic heterocycles. The van der Waals surface area contributed by atoms with Crippen LogP contribution in [0.3, 0.4) is 0 Å². The van der Waals surface area contributed by atoms with Crippen LogP contribution in [0.25, 0.3) is 21.8 Å². The molecule has 0 saturated heterocycles. The fourth-order valence-corrected chi connectivity index (χ4v) is 4.07. The molecule has 35 heavy (non-hydrogen) atoms. The maximum Gasteiger partial charge on any atom is 0.329 e. The third-order valence-electron chi connectivity index (χ3n) is 5.82. The van der Waals surface area contributed by atoms with Crippen molar-refractivity contribution in [2.45, 2.75) is 31.3 Å². The lowest BCUT2D eigenvalue weighted by Gasteiger charge is -2.24. The van der Waals surface area contributed by atoms with Gasteiger partial charge in [-0.2, -0.15) is 0 Å². The Morgan fingerprint density at radius 2 is 1.66 bits per heavy atom. The quantitative estimate of drug-likeness (QED) is 0.251. The number of hydrogen-bond donors (Lipinski definition) is 4. The molecule has 0 spiro atoms. The molecule has 2 amide bonds. The standard InChI is InChI=1S/C24H23N5O6/c25-20(30)10-9-18(23(33)34)27-21(31)19(11-13-12-26-16-7-3-1-5-14(13)16)29-22(32)15-6-2-4-8-17(15)28-24(29)35/h1-8,12,18-19,26H,9-11H2,(H2,25,30)(H,27,31)(H,28,35)(H,33,34)/p-1/t18-,19-/m0/s1. The topological polar surface area (TPSA) is 183 Å². The number of rotatable bonds is 9. The molecule has 0 unspecified atom stereocenters. The zero-order valence-electron chi connectivity index (χ0n) is 18.4. The van der Waals surface area contributed by atoms with E-state index in [-0.39, 0.29) is 24.6 Å². The summed E-state index contributed by atoms with van der Waals surface area (Å²) in [6.07, 6.45) is 0.968. The molecule has 0 aliphatic carbocycles. The highest BCUT2D eigenvalue weighted by Crippen LogP contribution is 2.22. The van der Waals surface area contributed by atoms with Crippen LogP contribution in [0.4, 0.5) is 0 Å². The Morgan fingerprint density at radius 1 is 1.00 bits per heavy atom. The molecule has 11 heteroatoms. The Kier molecular flexibility index (Phi) is 6.49. The number of aromatic amines is 2. The summed E-state index contributed by atoms with van der Waals surface area (Å²) in [7, 11) is 0. The van der Waals surface area contributed by atoms with Crippen molar-refractivity contribution in [2.24, 2.45) is 5.73 Å². The Morgan fingerprint density at radius 3 is 2.34 bits per heavy atom. The summed E-state index contributed by atoms with van der Waals surface area (Å²) in [6, 6.07) is 10.7. The lowest BCUT2D eigenvalue weighted by molar-refractivity contribution is -0.308. The Hall–Kier alpha value is -4.67. The summed E-state index contributed by atoms with van der Waals surface area (Å²) >= 11 is 0. The maximum absolute atomic E-state index is 13.4. The van der Waals surface area contributed by atoms with Gasteiger partial charge in [0.15, 0.2) is 0 Å². The van der Waals surface area contributed by atoms with E-state index in [2.05, 4.69) is 15.3 Å². The summed E-state index contributed by atoms with van der Waals surface area (Å²) in [5.41, 5.74) is 5.31. The lowest BCUT2D eigenvalue weighted by atomic mass is 10.0. The number of H-pyrrole nitrogens is 2. The van der Waals surface area contributed by atoms with Gasteiger partial charge in [-0.05, 0) is 30.2 Å². The van der Waals surface area contributed by atoms with Crippen LogP contribution in [0, 0.1) is 0 Å². The Labute approximate surface area is 197 Å². The SMILES string of the molecule is NC(=O)CC[C@H](NC(=O)[C@H](Cc1c[nH]c2ccccc12)n1c(=O)[nH]c2ccccc2c1=O)C(=O)[O-]. The highest BCUT2D eigenvalue weighted by molar-refractivity contribution is 5.88. The normalized spacial score (nSPS) is 12.9. The van der Waals surface area contributed by atoms with E-state index in [4.69, 9.17) is 5.73 Å². The molecule has 11 nitrogen and oxygen atoms in total. The number of carbonyl (C=O) groups excluding carboxylic acids is 3. The second kappa shape index (κ2) is 9.67. The molecule has 0 fully saturated rings. The van der Waals surface area contributed by atoms with Gasteiger partial charge >= 0.3 is 5.69 Å². The predicted molar refractivity (Wildman–Crippen MR) is 125 cm³/mol. The molecule has 180 valence electrons. The molecule has 4 rings (SSSR count). The van der Waals surface area contributed by atoms with Crippen LogP contribution < -0.4 is 27.4 Å². The summed E-state index contributed by atoms with van der Waals surface area (Å²) < 4.78 is 0.778. The molecular formula is C24H22N5O6-. The third-order valence-corrected chi connectivity index (χ3v) is 5.82. The largest absolute Gasteiger partial charge is 0.548 e. The van der Waals surface area contributed by atoms with Gasteiger partial charge < -0.3 is 30.9 Å². The van der Waals surface area contributed by atoms with E-state index >= 15 is 0 Å². The molecule has 2 heterocycles. The van der Waals surface area contributed by atoms with Crippen molar-refractivity contribution in [3.05, 3.63) is 81.1 Å². The fraction of sp³-hybridized carbons (Fsp3) is 0.208. The van der Waals surface area contributed by atoms with Gasteiger partial charge in [0.2, 0.25) is 11.8 Å². The number of nitrogens with one attached hydrogen (secondary N) is 3. The smallest absolute Gasteiger partial charge is 0.329 e. The van der Waals surface area contributed by atoms with E-state index in [9.17, 15) is 29.1 Å². The number of nitrogens with two attached hydrogens (primary N) is 1. The van der Waals surface area contributed by atoms with E-state index in [1.54, 1.807) is 30.5 Å². The minimum absolute atomic E-state index is 0.0905. The number of hydrogen-bond acceptors (Lipinski definition) is 6. The fourth-order valence-electron chi connectivity index (χ4n) is 4.07. The number of carboxylic acid groups (broad SMARTS) is 1. The molecule has 2 atom stereocenters. The average molecular weight is 476 g/mol. The van der Waals surface area contributed by atoms with Crippen LogP contribution in [0.5, 0.6) is 0 Å². The third kappa shape index (κ3) is 4.83. The molecular weight excluding hydrogens is 454 g/mol. The van der Waals surface area contributed by atoms with E-state index in [0.29, 0.717) is 11.1 Å². The number of nitrogens with zero attached hydrogens (tertiary/aromatic N) is 1. The first kappa shape index (κ1) is 23.5. The van der Waals surface area contributed by atoms with E-state index < -0.39 is 41.1 Å². The minimum atomic E-state index is -1.62. The van der Waals surface area contributed by atoms with Crippen LogP contribution in [0.15, 0.2) is 64.3 Å². The van der Waals surface area contributed by atoms with Crippen molar-refractivity contribution >= 4 is 39.6 Å². The Balaban J connectivity index is 1.80. The minimum Gasteiger partial charge on any atom is -0.548 e. The molecule has 4 aromatic rings. The first-order valence-electron chi connectivity index (χ1n) is 10.8. The summed E-state index contributed by atoms with van der Waals surface area (Å²) in [5.74, 6) is -3.26. The van der Waals surface area contributed by atoms with E-state index in [0.717, 1.165) is 15.5 Å². The molecule has 0 aliphatic heterocycles. The van der Waals surface area contributed by atoms with Gasteiger partial charge in [-0.25, -0.2) is 9.36 Å². The van der Waals surface area contributed by atoms with E-state index in [1.807, 2.05) is 18.2 Å². The van der Waals surface area contributed by atoms with Crippen molar-refractivity contribution in [1.82, 2.24) is 19.9 Å². The first-order chi connectivity index (χ1) is 16.8. The number of primary amides is 1. The van der Waals surface area contributed by atoms with E-state index in [1.165, 1.54) is 6.07 Å². The predicted octanol–water partition coefficient (Wildman–Crippen LogP) is -0.545. The average Bonchev–Trinajstić information content (AvgIpc) is 3.23. The molecule has 5 N–H and O–H groups in total. The number of aliphatic carboxylic acids is 1. The van der Waals surface area contributed by atoms with Crippen LogP contribution in [0.2, 0.25) is 0 Å². The second-order valence-corrected chi connectivity index (χ2v) is 8.12. The highest BCUT2D eigenvalue weighted by atomic mass is 16.4. The molecule has 0 bridgehead atoms. The maximum atomic E-state index is 13.4. The van der Waals surface area contributed by atoms with Gasteiger partial charge in [-0.3, -0.25) is 14.4 Å². The van der Waals surface area contributed by atoms with Gasteiger partial charge in [-0.15, -0.1) is 0 Å². The number of carbonyl (C=O) groups is 3. The summed E-state index contributed by atoms with van der Waals surface area (Å²) in [4.78, 5) is 68.0. The number of fused-ring (bicyclic) bond motifs is 2. The Bertz CT molecular complexity index is 1550. The van der Waals surface area contributed by atoms with Crippen molar-refractivity contribution in [3.8, 4) is 0 Å². The number of aromatic nitrogens is 3. The first-order valence-corrected chi connectivity index (χ1v) is 10.8. The molecule has 0 saturated carbocycles. The lowest BCUT2D eigenvalue weighted by Crippen LogP contribution is -2.52. The van der Waals surface area contributed by atoms with Gasteiger partial charge in [0.05, 0.1) is 22.9 Å². The van der Waals surface area contributed by atoms with Crippen LogP contribution in [0.1, 0.15) is 24.4 Å². The van der Waals surface area contributed by atoms with Crippen molar-refractivity contribution < 1.29 is 19.5 Å². The monoisotopic (exact) mass is 476 g/mol.